The highest BCUT2D eigenvalue weighted by atomic mass is 19.1. The smallest absolute Gasteiger partial charge is 0.125 e. The zero-order valence-electron chi connectivity index (χ0n) is 10.5. The monoisotopic (exact) mass is 256 g/mol. The second-order valence-electron chi connectivity index (χ2n) is 4.07. The van der Waals surface area contributed by atoms with Crippen LogP contribution in [0.3, 0.4) is 0 Å². The van der Waals surface area contributed by atoms with Crippen LogP contribution in [0.1, 0.15) is 11.1 Å². The molecule has 0 aliphatic rings. The van der Waals surface area contributed by atoms with Crippen molar-refractivity contribution in [1.82, 2.24) is 0 Å². The Labute approximate surface area is 111 Å². The molecule has 0 radical (unpaired) electrons. The lowest BCUT2D eigenvalue weighted by atomic mass is 9.98. The molecule has 4 heteroatoms. The molecule has 0 unspecified atom stereocenters. The molecular weight excluding hydrogens is 243 g/mol. The quantitative estimate of drug-likeness (QED) is 0.918. The molecular formula is C15H13FN2O. The summed E-state index contributed by atoms with van der Waals surface area (Å²) in [7, 11) is 1.57. The van der Waals surface area contributed by atoms with E-state index in [-0.39, 0.29) is 5.56 Å². The van der Waals surface area contributed by atoms with E-state index in [2.05, 4.69) is 0 Å². The van der Waals surface area contributed by atoms with Gasteiger partial charge < -0.3 is 10.5 Å². The molecule has 96 valence electrons. The highest BCUT2D eigenvalue weighted by Gasteiger charge is 2.08. The van der Waals surface area contributed by atoms with Gasteiger partial charge in [-0.1, -0.05) is 6.07 Å². The van der Waals surface area contributed by atoms with Gasteiger partial charge in [0.25, 0.3) is 0 Å². The Hall–Kier alpha value is -2.38. The van der Waals surface area contributed by atoms with Crippen LogP contribution in [0.4, 0.5) is 4.39 Å². The summed E-state index contributed by atoms with van der Waals surface area (Å²) in [5.41, 5.74) is 8.28. The Morgan fingerprint density at radius 2 is 2.05 bits per heavy atom. The van der Waals surface area contributed by atoms with Crippen LogP contribution in [-0.2, 0) is 6.54 Å². The Kier molecular flexibility index (Phi) is 3.79. The normalized spacial score (nSPS) is 10.0. The van der Waals surface area contributed by atoms with E-state index in [0.29, 0.717) is 17.9 Å². The highest BCUT2D eigenvalue weighted by molar-refractivity contribution is 5.70. The second kappa shape index (κ2) is 5.51. The first kappa shape index (κ1) is 13.1. The summed E-state index contributed by atoms with van der Waals surface area (Å²) in [6.45, 7) is 0.310. The first-order chi connectivity index (χ1) is 9.17. The molecule has 0 atom stereocenters. The molecule has 0 amide bonds. The second-order valence-corrected chi connectivity index (χ2v) is 4.07. The average molecular weight is 256 g/mol. The van der Waals surface area contributed by atoms with Gasteiger partial charge in [-0.15, -0.1) is 0 Å². The molecule has 2 aromatic carbocycles. The first-order valence-electron chi connectivity index (χ1n) is 5.76. The van der Waals surface area contributed by atoms with Crippen molar-refractivity contribution in [2.75, 3.05) is 7.11 Å². The number of methoxy groups -OCH3 is 1. The molecule has 0 saturated carbocycles. The predicted molar refractivity (Wildman–Crippen MR) is 71.0 cm³/mol. The van der Waals surface area contributed by atoms with Crippen molar-refractivity contribution in [1.29, 1.82) is 5.26 Å². The summed E-state index contributed by atoms with van der Waals surface area (Å²) in [4.78, 5) is 0. The van der Waals surface area contributed by atoms with Crippen LogP contribution >= 0.6 is 0 Å². The van der Waals surface area contributed by atoms with Gasteiger partial charge in [-0.3, -0.25) is 0 Å². The summed E-state index contributed by atoms with van der Waals surface area (Å²) in [5.74, 6) is 0.258. The van der Waals surface area contributed by atoms with Crippen molar-refractivity contribution in [2.45, 2.75) is 6.54 Å². The summed E-state index contributed by atoms with van der Waals surface area (Å²) in [6, 6.07) is 11.6. The summed E-state index contributed by atoms with van der Waals surface area (Å²) in [6.07, 6.45) is 0. The molecule has 0 aliphatic heterocycles. The van der Waals surface area contributed by atoms with Crippen LogP contribution in [-0.4, -0.2) is 7.11 Å². The average Bonchev–Trinajstić information content (AvgIpc) is 2.45. The third-order valence-electron chi connectivity index (χ3n) is 2.87. The molecule has 0 aromatic heterocycles. The maximum atomic E-state index is 13.5. The Bertz CT molecular complexity index is 647. The van der Waals surface area contributed by atoms with Crippen molar-refractivity contribution < 1.29 is 9.13 Å². The Morgan fingerprint density at radius 3 is 2.68 bits per heavy atom. The molecule has 0 spiro atoms. The number of ether oxygens (including phenoxy) is 1. The van der Waals surface area contributed by atoms with Crippen LogP contribution in [0.2, 0.25) is 0 Å². The van der Waals surface area contributed by atoms with E-state index in [1.807, 2.05) is 18.2 Å². The summed E-state index contributed by atoms with van der Waals surface area (Å²) < 4.78 is 18.6. The number of nitrogens with zero attached hydrogens (tertiary/aromatic N) is 1. The van der Waals surface area contributed by atoms with E-state index in [1.54, 1.807) is 19.2 Å². The molecule has 0 fully saturated rings. The van der Waals surface area contributed by atoms with Crippen LogP contribution in [0, 0.1) is 17.1 Å². The highest BCUT2D eigenvalue weighted by Crippen LogP contribution is 2.28. The predicted octanol–water partition coefficient (Wildman–Crippen LogP) is 2.83. The molecule has 0 heterocycles. The third kappa shape index (κ3) is 2.72. The Balaban J connectivity index is 2.58. The first-order valence-corrected chi connectivity index (χ1v) is 5.76. The van der Waals surface area contributed by atoms with Gasteiger partial charge in [0.2, 0.25) is 0 Å². The zero-order valence-corrected chi connectivity index (χ0v) is 10.5. The standard InChI is InChI=1S/C15H13FN2O/c1-19-14-2-3-15(12(7-14)9-18)11-4-10(8-17)5-13(16)6-11/h2-7H,9,18H2,1H3. The molecule has 2 N–H and O–H groups in total. The fourth-order valence-corrected chi connectivity index (χ4v) is 1.96. The third-order valence-corrected chi connectivity index (χ3v) is 2.87. The van der Waals surface area contributed by atoms with Crippen LogP contribution in [0.5, 0.6) is 5.75 Å². The number of rotatable bonds is 3. The van der Waals surface area contributed by atoms with Gasteiger partial charge in [-0.25, -0.2) is 4.39 Å². The van der Waals surface area contributed by atoms with Crippen molar-refractivity contribution in [3.63, 3.8) is 0 Å². The maximum Gasteiger partial charge on any atom is 0.125 e. The SMILES string of the molecule is COc1ccc(-c2cc(F)cc(C#N)c2)c(CN)c1. The van der Waals surface area contributed by atoms with Crippen molar-refractivity contribution in [3.8, 4) is 22.9 Å². The molecule has 0 saturated heterocycles. The van der Waals surface area contributed by atoms with Gasteiger partial charge in [-0.05, 0) is 47.0 Å². The van der Waals surface area contributed by atoms with Gasteiger partial charge in [0, 0.05) is 6.54 Å². The maximum absolute atomic E-state index is 13.5. The van der Waals surface area contributed by atoms with E-state index in [4.69, 9.17) is 15.7 Å². The molecule has 2 rings (SSSR count). The molecule has 0 bridgehead atoms. The van der Waals surface area contributed by atoms with E-state index in [9.17, 15) is 4.39 Å². The molecule has 19 heavy (non-hydrogen) atoms. The van der Waals surface area contributed by atoms with Crippen molar-refractivity contribution in [3.05, 3.63) is 53.3 Å². The van der Waals surface area contributed by atoms with Crippen LogP contribution in [0.15, 0.2) is 36.4 Å². The number of nitrogens with two attached hydrogens (primary N) is 1. The van der Waals surface area contributed by atoms with E-state index in [1.165, 1.54) is 12.1 Å². The summed E-state index contributed by atoms with van der Waals surface area (Å²) in [5, 5.41) is 8.88. The van der Waals surface area contributed by atoms with Crippen molar-refractivity contribution >= 4 is 0 Å². The topological polar surface area (TPSA) is 59.0 Å². The summed E-state index contributed by atoms with van der Waals surface area (Å²) >= 11 is 0. The van der Waals surface area contributed by atoms with Crippen LogP contribution < -0.4 is 10.5 Å². The number of nitriles is 1. The zero-order chi connectivity index (χ0) is 13.8. The Morgan fingerprint density at radius 1 is 1.26 bits per heavy atom. The minimum Gasteiger partial charge on any atom is -0.497 e. The molecule has 0 aliphatic carbocycles. The minimum absolute atomic E-state index is 0.286. The van der Waals surface area contributed by atoms with Gasteiger partial charge in [0.05, 0.1) is 18.7 Å². The lowest BCUT2D eigenvalue weighted by Gasteiger charge is -2.10. The minimum atomic E-state index is -0.437. The van der Waals surface area contributed by atoms with E-state index < -0.39 is 5.82 Å². The number of hydrogen-bond donors (Lipinski definition) is 1. The fraction of sp³-hybridized carbons (Fsp3) is 0.133. The molecule has 2 aromatic rings. The lowest BCUT2D eigenvalue weighted by Crippen LogP contribution is -2.00. The lowest BCUT2D eigenvalue weighted by molar-refractivity contribution is 0.414. The van der Waals surface area contributed by atoms with Crippen molar-refractivity contribution in [2.24, 2.45) is 5.73 Å². The fourth-order valence-electron chi connectivity index (χ4n) is 1.96. The van der Waals surface area contributed by atoms with E-state index in [0.717, 1.165) is 11.1 Å². The van der Waals surface area contributed by atoms with E-state index >= 15 is 0 Å². The van der Waals surface area contributed by atoms with Gasteiger partial charge >= 0.3 is 0 Å². The largest absolute Gasteiger partial charge is 0.497 e. The van der Waals surface area contributed by atoms with Gasteiger partial charge in [-0.2, -0.15) is 5.26 Å². The van der Waals surface area contributed by atoms with Crippen LogP contribution in [0.25, 0.3) is 11.1 Å². The molecule has 3 nitrogen and oxygen atoms in total. The number of halogens is 1. The number of benzene rings is 2. The van der Waals surface area contributed by atoms with Gasteiger partial charge in [0.15, 0.2) is 0 Å². The number of hydrogen-bond acceptors (Lipinski definition) is 3. The van der Waals surface area contributed by atoms with Gasteiger partial charge in [0.1, 0.15) is 11.6 Å².